The first kappa shape index (κ1) is 14.7. The number of rotatable bonds is 2. The van der Waals surface area contributed by atoms with Gasteiger partial charge < -0.3 is 11.1 Å². The Labute approximate surface area is 113 Å². The molecule has 2 rings (SSSR count). The minimum absolute atomic E-state index is 0.171. The van der Waals surface area contributed by atoms with Crippen LogP contribution in [0.1, 0.15) is 29.9 Å². The van der Waals surface area contributed by atoms with E-state index in [4.69, 9.17) is 5.73 Å². The Bertz CT molecular complexity index is 518. The highest BCUT2D eigenvalue weighted by Crippen LogP contribution is 2.10. The van der Waals surface area contributed by atoms with E-state index in [9.17, 15) is 4.79 Å². The first-order valence-corrected chi connectivity index (χ1v) is 6.25. The Kier molecular flexibility index (Phi) is 5.54. The van der Waals surface area contributed by atoms with E-state index in [2.05, 4.69) is 10.3 Å². The Balaban J connectivity index is 0.000000861. The van der Waals surface area contributed by atoms with E-state index in [0.29, 0.717) is 16.9 Å². The second-order valence-corrected chi connectivity index (χ2v) is 3.76. The number of amides is 1. The van der Waals surface area contributed by atoms with E-state index < -0.39 is 0 Å². The molecule has 0 spiro atoms. The molecule has 0 saturated heterocycles. The van der Waals surface area contributed by atoms with Gasteiger partial charge in [-0.15, -0.1) is 0 Å². The number of nitrogens with two attached hydrogens (primary N) is 1. The number of aromatic nitrogens is 1. The number of nitrogens with zero attached hydrogens (tertiary/aromatic N) is 1. The summed E-state index contributed by atoms with van der Waals surface area (Å²) in [4.78, 5) is 15.9. The monoisotopic (exact) mass is 257 g/mol. The van der Waals surface area contributed by atoms with Crippen molar-refractivity contribution in [1.82, 2.24) is 4.98 Å². The quantitative estimate of drug-likeness (QED) is 0.811. The van der Waals surface area contributed by atoms with Crippen molar-refractivity contribution in [1.29, 1.82) is 0 Å². The van der Waals surface area contributed by atoms with Crippen molar-refractivity contribution in [2.45, 2.75) is 20.8 Å². The van der Waals surface area contributed by atoms with Crippen LogP contribution < -0.4 is 11.1 Å². The third-order valence-electron chi connectivity index (χ3n) is 2.34. The molecule has 100 valence electrons. The van der Waals surface area contributed by atoms with E-state index in [-0.39, 0.29) is 5.91 Å². The second-order valence-electron chi connectivity index (χ2n) is 3.76. The normalized spacial score (nSPS) is 9.21. The van der Waals surface area contributed by atoms with E-state index in [1.165, 1.54) is 0 Å². The Morgan fingerprint density at radius 3 is 2.26 bits per heavy atom. The van der Waals surface area contributed by atoms with Crippen LogP contribution in [0.15, 0.2) is 42.6 Å². The standard InChI is InChI=1S/C13H13N3O.C2H6/c1-9-2-7-12(8-15-9)16-13(17)10-3-5-11(14)6-4-10;1-2/h2-8H,14H2,1H3,(H,16,17);1-2H3. The summed E-state index contributed by atoms with van der Waals surface area (Å²) in [5.74, 6) is -0.171. The molecular formula is C15H19N3O. The first-order chi connectivity index (χ1) is 9.15. The topological polar surface area (TPSA) is 68.0 Å². The molecule has 1 heterocycles. The largest absolute Gasteiger partial charge is 0.399 e. The van der Waals surface area contributed by atoms with Crippen LogP contribution in [0.2, 0.25) is 0 Å². The lowest BCUT2D eigenvalue weighted by molar-refractivity contribution is 0.102. The van der Waals surface area contributed by atoms with Crippen molar-refractivity contribution in [2.24, 2.45) is 0 Å². The summed E-state index contributed by atoms with van der Waals surface area (Å²) in [5, 5.41) is 2.76. The number of pyridine rings is 1. The van der Waals surface area contributed by atoms with Gasteiger partial charge in [-0.3, -0.25) is 9.78 Å². The molecule has 1 aromatic carbocycles. The molecule has 19 heavy (non-hydrogen) atoms. The van der Waals surface area contributed by atoms with Crippen molar-refractivity contribution in [3.8, 4) is 0 Å². The lowest BCUT2D eigenvalue weighted by Gasteiger charge is -2.05. The second kappa shape index (κ2) is 7.16. The van der Waals surface area contributed by atoms with Crippen LogP contribution in [-0.4, -0.2) is 10.9 Å². The fourth-order valence-electron chi connectivity index (χ4n) is 1.38. The Morgan fingerprint density at radius 2 is 1.74 bits per heavy atom. The highest BCUT2D eigenvalue weighted by atomic mass is 16.1. The number of nitrogens with one attached hydrogen (secondary N) is 1. The smallest absolute Gasteiger partial charge is 0.255 e. The lowest BCUT2D eigenvalue weighted by Crippen LogP contribution is -2.12. The fraction of sp³-hybridized carbons (Fsp3) is 0.200. The van der Waals surface area contributed by atoms with Crippen LogP contribution in [0, 0.1) is 6.92 Å². The number of carbonyl (C=O) groups excluding carboxylic acids is 1. The molecule has 0 atom stereocenters. The summed E-state index contributed by atoms with van der Waals surface area (Å²) < 4.78 is 0. The highest BCUT2D eigenvalue weighted by molar-refractivity contribution is 6.04. The summed E-state index contributed by atoms with van der Waals surface area (Å²) in [5.41, 5.74) is 8.35. The molecule has 3 N–H and O–H groups in total. The molecule has 2 aromatic rings. The number of nitrogen functional groups attached to an aromatic ring is 1. The van der Waals surface area contributed by atoms with Crippen molar-refractivity contribution in [2.75, 3.05) is 11.1 Å². The maximum absolute atomic E-state index is 11.8. The number of anilines is 2. The zero-order valence-electron chi connectivity index (χ0n) is 11.5. The van der Waals surface area contributed by atoms with Gasteiger partial charge in [-0.1, -0.05) is 13.8 Å². The average molecular weight is 257 g/mol. The summed E-state index contributed by atoms with van der Waals surface area (Å²) in [6, 6.07) is 10.4. The first-order valence-electron chi connectivity index (χ1n) is 6.25. The third-order valence-corrected chi connectivity index (χ3v) is 2.34. The van der Waals surface area contributed by atoms with Gasteiger partial charge in [0.05, 0.1) is 11.9 Å². The number of benzene rings is 1. The maximum atomic E-state index is 11.8. The molecule has 0 radical (unpaired) electrons. The number of aryl methyl sites for hydroxylation is 1. The van der Waals surface area contributed by atoms with Crippen LogP contribution >= 0.6 is 0 Å². The molecule has 0 unspecified atom stereocenters. The van der Waals surface area contributed by atoms with Gasteiger partial charge in [0.25, 0.3) is 5.91 Å². The van der Waals surface area contributed by atoms with E-state index in [1.807, 2.05) is 32.9 Å². The summed E-state index contributed by atoms with van der Waals surface area (Å²) in [6.45, 7) is 5.89. The zero-order chi connectivity index (χ0) is 14.3. The van der Waals surface area contributed by atoms with Gasteiger partial charge in [0.2, 0.25) is 0 Å². The fourth-order valence-corrected chi connectivity index (χ4v) is 1.38. The van der Waals surface area contributed by atoms with Gasteiger partial charge in [0.15, 0.2) is 0 Å². The molecule has 0 bridgehead atoms. The highest BCUT2D eigenvalue weighted by Gasteiger charge is 2.05. The van der Waals surface area contributed by atoms with Crippen molar-refractivity contribution in [3.05, 3.63) is 53.9 Å². The molecule has 0 aliphatic carbocycles. The predicted molar refractivity (Wildman–Crippen MR) is 79.1 cm³/mol. The molecule has 1 aromatic heterocycles. The molecule has 1 amide bonds. The van der Waals surface area contributed by atoms with Gasteiger partial charge in [-0.2, -0.15) is 0 Å². The average Bonchev–Trinajstić information content (AvgIpc) is 2.44. The van der Waals surface area contributed by atoms with E-state index >= 15 is 0 Å². The molecular weight excluding hydrogens is 238 g/mol. The third kappa shape index (κ3) is 4.43. The number of hydrogen-bond donors (Lipinski definition) is 2. The van der Waals surface area contributed by atoms with Crippen LogP contribution in [-0.2, 0) is 0 Å². The molecule has 4 heteroatoms. The zero-order valence-corrected chi connectivity index (χ0v) is 11.5. The molecule has 0 aliphatic rings. The minimum Gasteiger partial charge on any atom is -0.399 e. The van der Waals surface area contributed by atoms with Crippen LogP contribution in [0.25, 0.3) is 0 Å². The molecule has 4 nitrogen and oxygen atoms in total. The molecule has 0 saturated carbocycles. The summed E-state index contributed by atoms with van der Waals surface area (Å²) in [6.07, 6.45) is 1.63. The van der Waals surface area contributed by atoms with Crippen LogP contribution in [0.4, 0.5) is 11.4 Å². The van der Waals surface area contributed by atoms with Gasteiger partial charge in [-0.05, 0) is 43.3 Å². The van der Waals surface area contributed by atoms with Crippen molar-refractivity contribution in [3.63, 3.8) is 0 Å². The lowest BCUT2D eigenvalue weighted by atomic mass is 10.2. The van der Waals surface area contributed by atoms with Gasteiger partial charge in [-0.25, -0.2) is 0 Å². The van der Waals surface area contributed by atoms with E-state index in [0.717, 1.165) is 5.69 Å². The Morgan fingerprint density at radius 1 is 1.11 bits per heavy atom. The van der Waals surface area contributed by atoms with Gasteiger partial charge in [0.1, 0.15) is 0 Å². The number of carbonyl (C=O) groups is 1. The SMILES string of the molecule is CC.Cc1ccc(NC(=O)c2ccc(N)cc2)cn1. The van der Waals surface area contributed by atoms with Crippen LogP contribution in [0.5, 0.6) is 0 Å². The Hall–Kier alpha value is -2.36. The van der Waals surface area contributed by atoms with Crippen molar-refractivity contribution >= 4 is 17.3 Å². The molecule has 0 aliphatic heterocycles. The van der Waals surface area contributed by atoms with Crippen molar-refractivity contribution < 1.29 is 4.79 Å². The minimum atomic E-state index is -0.171. The summed E-state index contributed by atoms with van der Waals surface area (Å²) >= 11 is 0. The van der Waals surface area contributed by atoms with Gasteiger partial charge >= 0.3 is 0 Å². The van der Waals surface area contributed by atoms with E-state index in [1.54, 1.807) is 30.5 Å². The molecule has 0 fully saturated rings. The maximum Gasteiger partial charge on any atom is 0.255 e. The van der Waals surface area contributed by atoms with Gasteiger partial charge in [0, 0.05) is 16.9 Å². The number of hydrogen-bond acceptors (Lipinski definition) is 3. The summed E-state index contributed by atoms with van der Waals surface area (Å²) in [7, 11) is 0. The van der Waals surface area contributed by atoms with Crippen LogP contribution in [0.3, 0.4) is 0 Å². The predicted octanol–water partition coefficient (Wildman–Crippen LogP) is 3.25.